The molecule has 2 heterocycles. The SMILES string of the molecule is OC1C=C(N2CCNCC2)Oc2c(-c3ccccc3)cccc21. The van der Waals surface area contributed by atoms with E-state index >= 15 is 0 Å². The molecule has 0 saturated carbocycles. The zero-order valence-electron chi connectivity index (χ0n) is 12.9. The molecule has 2 aliphatic heterocycles. The second-order valence-electron chi connectivity index (χ2n) is 5.88. The summed E-state index contributed by atoms with van der Waals surface area (Å²) in [4.78, 5) is 2.18. The van der Waals surface area contributed by atoms with E-state index in [-0.39, 0.29) is 0 Å². The molecule has 1 fully saturated rings. The third-order valence-corrected chi connectivity index (χ3v) is 4.38. The summed E-state index contributed by atoms with van der Waals surface area (Å²) in [5.41, 5.74) is 2.94. The van der Waals surface area contributed by atoms with Gasteiger partial charge in [-0.3, -0.25) is 0 Å². The molecule has 23 heavy (non-hydrogen) atoms. The number of piperazine rings is 1. The van der Waals surface area contributed by atoms with Crippen molar-refractivity contribution in [2.24, 2.45) is 0 Å². The van der Waals surface area contributed by atoms with Crippen LogP contribution in [0.1, 0.15) is 11.7 Å². The third-order valence-electron chi connectivity index (χ3n) is 4.38. The van der Waals surface area contributed by atoms with Gasteiger partial charge in [-0.2, -0.15) is 0 Å². The van der Waals surface area contributed by atoms with E-state index in [0.717, 1.165) is 54.5 Å². The van der Waals surface area contributed by atoms with E-state index in [1.54, 1.807) is 0 Å². The molecule has 4 heteroatoms. The van der Waals surface area contributed by atoms with Crippen LogP contribution in [0.25, 0.3) is 11.1 Å². The van der Waals surface area contributed by atoms with E-state index in [2.05, 4.69) is 22.3 Å². The highest BCUT2D eigenvalue weighted by Gasteiger charge is 2.26. The lowest BCUT2D eigenvalue weighted by atomic mass is 9.97. The topological polar surface area (TPSA) is 44.7 Å². The third kappa shape index (κ3) is 2.71. The number of rotatable bonds is 2. The van der Waals surface area contributed by atoms with Gasteiger partial charge in [0, 0.05) is 43.4 Å². The fourth-order valence-corrected chi connectivity index (χ4v) is 3.17. The Morgan fingerprint density at radius 1 is 1.00 bits per heavy atom. The number of nitrogens with zero attached hydrogens (tertiary/aromatic N) is 1. The van der Waals surface area contributed by atoms with Crippen molar-refractivity contribution in [3.8, 4) is 16.9 Å². The van der Waals surface area contributed by atoms with Crippen molar-refractivity contribution < 1.29 is 9.84 Å². The maximum absolute atomic E-state index is 10.5. The summed E-state index contributed by atoms with van der Waals surface area (Å²) in [6, 6.07) is 16.1. The monoisotopic (exact) mass is 308 g/mol. The number of hydrogen-bond donors (Lipinski definition) is 2. The number of aliphatic hydroxyl groups is 1. The van der Waals surface area contributed by atoms with Crippen molar-refractivity contribution in [3.05, 3.63) is 66.1 Å². The van der Waals surface area contributed by atoms with Crippen molar-refractivity contribution in [2.45, 2.75) is 6.10 Å². The van der Waals surface area contributed by atoms with Gasteiger partial charge in [0.05, 0.1) is 0 Å². The van der Waals surface area contributed by atoms with Crippen LogP contribution in [0.15, 0.2) is 60.5 Å². The maximum Gasteiger partial charge on any atom is 0.195 e. The van der Waals surface area contributed by atoms with Gasteiger partial charge in [0.1, 0.15) is 11.9 Å². The summed E-state index contributed by atoms with van der Waals surface area (Å²) in [6.45, 7) is 3.65. The van der Waals surface area contributed by atoms with E-state index in [1.807, 2.05) is 42.5 Å². The van der Waals surface area contributed by atoms with E-state index in [4.69, 9.17) is 4.74 Å². The maximum atomic E-state index is 10.5. The molecule has 1 unspecified atom stereocenters. The number of aliphatic hydroxyl groups excluding tert-OH is 1. The molecule has 0 radical (unpaired) electrons. The van der Waals surface area contributed by atoms with Crippen molar-refractivity contribution in [2.75, 3.05) is 26.2 Å². The molecule has 0 aliphatic carbocycles. The van der Waals surface area contributed by atoms with Crippen LogP contribution < -0.4 is 10.1 Å². The molecule has 0 bridgehead atoms. The molecule has 4 nitrogen and oxygen atoms in total. The molecule has 118 valence electrons. The van der Waals surface area contributed by atoms with Crippen LogP contribution in [-0.4, -0.2) is 36.2 Å². The smallest absolute Gasteiger partial charge is 0.195 e. The molecule has 2 aromatic rings. The number of para-hydroxylation sites is 1. The minimum atomic E-state index is -0.632. The van der Waals surface area contributed by atoms with Crippen LogP contribution in [0.5, 0.6) is 5.75 Å². The van der Waals surface area contributed by atoms with Crippen molar-refractivity contribution >= 4 is 0 Å². The second kappa shape index (κ2) is 6.07. The zero-order valence-corrected chi connectivity index (χ0v) is 12.9. The van der Waals surface area contributed by atoms with Gasteiger partial charge < -0.3 is 20.1 Å². The summed E-state index contributed by atoms with van der Waals surface area (Å²) in [5, 5.41) is 13.9. The van der Waals surface area contributed by atoms with Gasteiger partial charge in [0.25, 0.3) is 0 Å². The van der Waals surface area contributed by atoms with Crippen molar-refractivity contribution in [1.29, 1.82) is 0 Å². The van der Waals surface area contributed by atoms with E-state index in [9.17, 15) is 5.11 Å². The Bertz CT molecular complexity index is 721. The van der Waals surface area contributed by atoms with Crippen LogP contribution in [0.3, 0.4) is 0 Å². The molecule has 2 aliphatic rings. The molecule has 0 amide bonds. The molecule has 2 aromatic carbocycles. The standard InChI is InChI=1S/C19H20N2O2/c22-17-13-18(21-11-9-20-10-12-21)23-19-15(7-4-8-16(17)19)14-5-2-1-3-6-14/h1-8,13,17,20,22H,9-12H2. The molecular formula is C19H20N2O2. The average molecular weight is 308 g/mol. The van der Waals surface area contributed by atoms with Gasteiger partial charge in [-0.1, -0.05) is 48.5 Å². The fourth-order valence-electron chi connectivity index (χ4n) is 3.17. The first-order valence-corrected chi connectivity index (χ1v) is 8.05. The van der Waals surface area contributed by atoms with Crippen LogP contribution in [0.4, 0.5) is 0 Å². The number of nitrogens with one attached hydrogen (secondary N) is 1. The molecule has 2 N–H and O–H groups in total. The lowest BCUT2D eigenvalue weighted by Crippen LogP contribution is -2.44. The van der Waals surface area contributed by atoms with Crippen molar-refractivity contribution in [1.82, 2.24) is 10.2 Å². The second-order valence-corrected chi connectivity index (χ2v) is 5.88. The normalized spacial score (nSPS) is 20.5. The number of fused-ring (bicyclic) bond motifs is 1. The summed E-state index contributed by atoms with van der Waals surface area (Å²) < 4.78 is 6.23. The first kappa shape index (κ1) is 14.3. The van der Waals surface area contributed by atoms with Crippen LogP contribution in [0.2, 0.25) is 0 Å². The predicted molar refractivity (Wildman–Crippen MR) is 90.0 cm³/mol. The zero-order chi connectivity index (χ0) is 15.6. The van der Waals surface area contributed by atoms with Gasteiger partial charge in [0.15, 0.2) is 5.88 Å². The predicted octanol–water partition coefficient (Wildman–Crippen LogP) is 2.53. The fraction of sp³-hybridized carbons (Fsp3) is 0.263. The van der Waals surface area contributed by atoms with E-state index in [0.29, 0.717) is 0 Å². The Kier molecular flexibility index (Phi) is 3.77. The summed E-state index contributed by atoms with van der Waals surface area (Å²) >= 11 is 0. The van der Waals surface area contributed by atoms with E-state index in [1.165, 1.54) is 0 Å². The minimum Gasteiger partial charge on any atom is -0.440 e. The molecule has 1 saturated heterocycles. The summed E-state index contributed by atoms with van der Waals surface area (Å²) in [6.07, 6.45) is 1.18. The largest absolute Gasteiger partial charge is 0.440 e. The van der Waals surface area contributed by atoms with Gasteiger partial charge in [-0.25, -0.2) is 0 Å². The number of hydrogen-bond acceptors (Lipinski definition) is 4. The Hall–Kier alpha value is -2.30. The highest BCUT2D eigenvalue weighted by Crippen LogP contribution is 2.41. The van der Waals surface area contributed by atoms with Gasteiger partial charge >= 0.3 is 0 Å². The lowest BCUT2D eigenvalue weighted by molar-refractivity contribution is 0.154. The summed E-state index contributed by atoms with van der Waals surface area (Å²) in [5.74, 6) is 1.53. The highest BCUT2D eigenvalue weighted by atomic mass is 16.5. The van der Waals surface area contributed by atoms with Crippen LogP contribution >= 0.6 is 0 Å². The van der Waals surface area contributed by atoms with Gasteiger partial charge in [-0.15, -0.1) is 0 Å². The molecule has 4 rings (SSSR count). The molecule has 1 atom stereocenters. The van der Waals surface area contributed by atoms with Gasteiger partial charge in [-0.05, 0) is 5.56 Å². The Morgan fingerprint density at radius 2 is 1.78 bits per heavy atom. The Labute approximate surface area is 136 Å². The Balaban J connectivity index is 1.73. The van der Waals surface area contributed by atoms with Gasteiger partial charge in [0.2, 0.25) is 0 Å². The number of benzene rings is 2. The van der Waals surface area contributed by atoms with Crippen molar-refractivity contribution in [3.63, 3.8) is 0 Å². The number of ether oxygens (including phenoxy) is 1. The van der Waals surface area contributed by atoms with Crippen LogP contribution in [-0.2, 0) is 0 Å². The average Bonchev–Trinajstić information content (AvgIpc) is 2.63. The highest BCUT2D eigenvalue weighted by molar-refractivity contribution is 5.73. The first-order valence-electron chi connectivity index (χ1n) is 8.05. The van der Waals surface area contributed by atoms with Crippen LogP contribution in [0, 0.1) is 0 Å². The molecular weight excluding hydrogens is 288 g/mol. The first-order chi connectivity index (χ1) is 11.3. The minimum absolute atomic E-state index is 0.632. The molecule has 0 spiro atoms. The summed E-state index contributed by atoms with van der Waals surface area (Å²) in [7, 11) is 0. The quantitative estimate of drug-likeness (QED) is 0.895. The lowest BCUT2D eigenvalue weighted by Gasteiger charge is -2.34. The Morgan fingerprint density at radius 3 is 2.57 bits per heavy atom. The van der Waals surface area contributed by atoms with E-state index < -0.39 is 6.10 Å². The molecule has 0 aromatic heterocycles.